The van der Waals surface area contributed by atoms with Gasteiger partial charge in [0.15, 0.2) is 0 Å². The highest BCUT2D eigenvalue weighted by atomic mass is 16.5. The Morgan fingerprint density at radius 1 is 0.557 bits per heavy atom. The van der Waals surface area contributed by atoms with Crippen LogP contribution in [0.25, 0.3) is 0 Å². The molecule has 2 saturated heterocycles. The van der Waals surface area contributed by atoms with Crippen molar-refractivity contribution in [3.63, 3.8) is 0 Å². The minimum absolute atomic E-state index is 0.00720. The van der Waals surface area contributed by atoms with Crippen molar-refractivity contribution in [1.29, 1.82) is 0 Å². The molecule has 2 aliphatic heterocycles. The molecule has 12 heteroatoms. The van der Waals surface area contributed by atoms with Gasteiger partial charge in [0.05, 0.1) is 0 Å². The van der Waals surface area contributed by atoms with E-state index >= 15 is 0 Å². The van der Waals surface area contributed by atoms with E-state index in [1.807, 2.05) is 73.6 Å². The minimum atomic E-state index is -0.426. The Morgan fingerprint density at radius 3 is 1.34 bits per heavy atom. The molecule has 0 radical (unpaired) electrons. The number of hydroxylamine groups is 4. The second kappa shape index (κ2) is 25.5. The molecular weight excluding hydrogens is 769 g/mol. The van der Waals surface area contributed by atoms with E-state index < -0.39 is 22.2 Å². The van der Waals surface area contributed by atoms with Crippen LogP contribution in [0.5, 0.6) is 0 Å². The standard InChI is InChI=1S/C49H90N6O6/c1-36(2)29-38(23-21-27-44(58)52-40-31-46(5,6)54(60)47(7,8)32-40)35-50-42(56)25-19-17-15-13-14-16-18-20-26-43(57)51-39(30-37(3)4)24-22-28-45(59)53-41-33-48(9,10)55(61)49(11,12)34-41/h21-24,36-41,60-61H,13-20,25-35H2,1-12H3,(H,50,56)(H,51,57)(H,52,58)(H,53,59). The zero-order valence-electron chi connectivity index (χ0n) is 40.6. The summed E-state index contributed by atoms with van der Waals surface area (Å²) in [5.74, 6) is 1.12. The first-order valence-corrected chi connectivity index (χ1v) is 23.8. The van der Waals surface area contributed by atoms with Gasteiger partial charge in [-0.15, -0.1) is 0 Å². The van der Waals surface area contributed by atoms with Crippen LogP contribution in [-0.4, -0.2) is 91.0 Å². The molecule has 0 saturated carbocycles. The number of carbonyl (C=O) groups excluding carboxylic acids is 4. The van der Waals surface area contributed by atoms with Gasteiger partial charge in [0.25, 0.3) is 0 Å². The van der Waals surface area contributed by atoms with Gasteiger partial charge in [0.1, 0.15) is 0 Å². The summed E-state index contributed by atoms with van der Waals surface area (Å²) in [5.41, 5.74) is -1.69. The average molecular weight is 859 g/mol. The number of piperidine rings is 2. The van der Waals surface area contributed by atoms with E-state index in [1.54, 1.807) is 0 Å². The zero-order chi connectivity index (χ0) is 46.0. The molecular formula is C49H90N6O6. The number of amides is 4. The Morgan fingerprint density at radius 2 is 0.934 bits per heavy atom. The van der Waals surface area contributed by atoms with Gasteiger partial charge in [-0.05, 0) is 125 Å². The Hall–Kier alpha value is -2.80. The predicted octanol–water partition coefficient (Wildman–Crippen LogP) is 9.14. The van der Waals surface area contributed by atoms with E-state index in [0.717, 1.165) is 64.2 Å². The normalized spacial score (nSPS) is 20.6. The third kappa shape index (κ3) is 21.0. The van der Waals surface area contributed by atoms with Crippen molar-refractivity contribution in [1.82, 2.24) is 31.4 Å². The number of unbranched alkanes of at least 4 members (excludes halogenated alkanes) is 7. The van der Waals surface area contributed by atoms with Gasteiger partial charge in [0, 0.05) is 72.5 Å². The maximum Gasteiger partial charge on any atom is 0.224 e. The number of nitrogens with zero attached hydrogens (tertiary/aromatic N) is 2. The van der Waals surface area contributed by atoms with Crippen LogP contribution >= 0.6 is 0 Å². The first-order chi connectivity index (χ1) is 28.3. The second-order valence-electron chi connectivity index (χ2n) is 21.8. The summed E-state index contributed by atoms with van der Waals surface area (Å²) in [6.07, 6.45) is 22.1. The quantitative estimate of drug-likeness (QED) is 0.0371. The molecule has 6 N–H and O–H groups in total. The van der Waals surface area contributed by atoms with Crippen molar-refractivity contribution in [3.05, 3.63) is 24.3 Å². The molecule has 0 spiro atoms. The predicted molar refractivity (Wildman–Crippen MR) is 247 cm³/mol. The molecule has 0 bridgehead atoms. The number of carbonyl (C=O) groups is 4. The number of nitrogens with one attached hydrogen (secondary N) is 4. The minimum Gasteiger partial charge on any atom is -0.356 e. The number of hydrogen-bond donors (Lipinski definition) is 6. The molecule has 2 unspecified atom stereocenters. The van der Waals surface area contributed by atoms with Crippen molar-refractivity contribution in [2.45, 2.75) is 239 Å². The van der Waals surface area contributed by atoms with Crippen molar-refractivity contribution in [3.8, 4) is 0 Å². The summed E-state index contributed by atoms with van der Waals surface area (Å²) in [5, 5.41) is 36.6. The molecule has 2 heterocycles. The van der Waals surface area contributed by atoms with Crippen LogP contribution in [0.2, 0.25) is 0 Å². The number of rotatable bonds is 26. The molecule has 2 atom stereocenters. The molecule has 61 heavy (non-hydrogen) atoms. The molecule has 0 aliphatic carbocycles. The molecule has 0 aromatic carbocycles. The zero-order valence-corrected chi connectivity index (χ0v) is 40.6. The monoisotopic (exact) mass is 859 g/mol. The molecule has 352 valence electrons. The Balaban J connectivity index is 1.59. The Labute approximate surface area is 371 Å². The van der Waals surface area contributed by atoms with Gasteiger partial charge in [-0.25, -0.2) is 0 Å². The lowest BCUT2D eigenvalue weighted by Gasteiger charge is -2.51. The molecule has 2 rings (SSSR count). The van der Waals surface area contributed by atoms with Crippen LogP contribution in [-0.2, 0) is 19.2 Å². The fraction of sp³-hybridized carbons (Fsp3) is 0.837. The molecule has 0 aromatic heterocycles. The highest BCUT2D eigenvalue weighted by molar-refractivity contribution is 5.79. The van der Waals surface area contributed by atoms with Gasteiger partial charge in [-0.2, -0.15) is 10.1 Å². The van der Waals surface area contributed by atoms with Gasteiger partial charge in [-0.1, -0.05) is 90.5 Å². The second-order valence-corrected chi connectivity index (χ2v) is 21.8. The highest BCUT2D eigenvalue weighted by Crippen LogP contribution is 2.38. The smallest absolute Gasteiger partial charge is 0.224 e. The van der Waals surface area contributed by atoms with E-state index in [-0.39, 0.29) is 54.1 Å². The molecule has 0 aromatic rings. The van der Waals surface area contributed by atoms with Crippen LogP contribution in [0, 0.1) is 17.8 Å². The third-order valence-electron chi connectivity index (χ3n) is 12.4. The van der Waals surface area contributed by atoms with Crippen LogP contribution in [0.4, 0.5) is 0 Å². The molecule has 4 amide bonds. The van der Waals surface area contributed by atoms with Crippen molar-refractivity contribution in [2.24, 2.45) is 17.8 Å². The summed E-state index contributed by atoms with van der Waals surface area (Å²) < 4.78 is 0. The summed E-state index contributed by atoms with van der Waals surface area (Å²) in [6.45, 7) is 25.1. The van der Waals surface area contributed by atoms with Crippen LogP contribution in [0.15, 0.2) is 24.3 Å². The van der Waals surface area contributed by atoms with Crippen LogP contribution < -0.4 is 21.3 Å². The molecule has 2 aliphatic rings. The highest BCUT2D eigenvalue weighted by Gasteiger charge is 2.46. The fourth-order valence-electron chi connectivity index (χ4n) is 9.80. The lowest BCUT2D eigenvalue weighted by molar-refractivity contribution is -0.246. The van der Waals surface area contributed by atoms with E-state index in [4.69, 9.17) is 0 Å². The lowest BCUT2D eigenvalue weighted by atomic mass is 9.79. The summed E-state index contributed by atoms with van der Waals surface area (Å²) in [7, 11) is 0. The van der Waals surface area contributed by atoms with Crippen molar-refractivity contribution >= 4 is 23.6 Å². The molecule has 12 nitrogen and oxygen atoms in total. The first-order valence-electron chi connectivity index (χ1n) is 23.8. The fourth-order valence-corrected chi connectivity index (χ4v) is 9.80. The average Bonchev–Trinajstić information content (AvgIpc) is 3.11. The topological polar surface area (TPSA) is 163 Å². The van der Waals surface area contributed by atoms with Gasteiger partial charge in [-0.3, -0.25) is 19.2 Å². The van der Waals surface area contributed by atoms with Crippen molar-refractivity contribution in [2.75, 3.05) is 6.54 Å². The Bertz CT molecular complexity index is 1390. The van der Waals surface area contributed by atoms with Gasteiger partial charge < -0.3 is 31.7 Å². The summed E-state index contributed by atoms with van der Waals surface area (Å²) >= 11 is 0. The first kappa shape index (κ1) is 54.3. The maximum atomic E-state index is 12.8. The Kier molecular flexibility index (Phi) is 22.7. The maximum absolute atomic E-state index is 12.8. The molecule has 2 fully saturated rings. The van der Waals surface area contributed by atoms with Gasteiger partial charge >= 0.3 is 0 Å². The SMILES string of the molecule is CC(C)CC(C=CCC(=O)NC1CC(C)(C)N(O)C(C)(C)C1)CNC(=O)CCCCCCCCCCC(=O)NC(C=CCC(=O)NC1CC(C)(C)N(O)C(C)(C)C1)CC(C)C. The van der Waals surface area contributed by atoms with Crippen molar-refractivity contribution < 1.29 is 29.6 Å². The summed E-state index contributed by atoms with van der Waals surface area (Å²) in [6, 6.07) is -0.106. The van der Waals surface area contributed by atoms with E-state index in [2.05, 4.69) is 55.0 Å². The summed E-state index contributed by atoms with van der Waals surface area (Å²) in [4.78, 5) is 51.0. The van der Waals surface area contributed by atoms with E-state index in [9.17, 15) is 29.6 Å². The van der Waals surface area contributed by atoms with Crippen LogP contribution in [0.1, 0.15) is 199 Å². The van der Waals surface area contributed by atoms with E-state index in [0.29, 0.717) is 63.3 Å². The lowest BCUT2D eigenvalue weighted by Crippen LogP contribution is -2.62. The number of hydrogen-bond acceptors (Lipinski definition) is 8. The van der Waals surface area contributed by atoms with E-state index in [1.165, 1.54) is 10.1 Å². The van der Waals surface area contributed by atoms with Gasteiger partial charge in [0.2, 0.25) is 23.6 Å². The third-order valence-corrected chi connectivity index (χ3v) is 12.4. The largest absolute Gasteiger partial charge is 0.356 e. The van der Waals surface area contributed by atoms with Crippen LogP contribution in [0.3, 0.4) is 0 Å².